The molecule has 0 unspecified atom stereocenters. The lowest BCUT2D eigenvalue weighted by Gasteiger charge is -2.23. The van der Waals surface area contributed by atoms with Crippen molar-refractivity contribution in [2.75, 3.05) is 5.73 Å². The van der Waals surface area contributed by atoms with Crippen molar-refractivity contribution in [1.82, 2.24) is 9.97 Å². The third kappa shape index (κ3) is 3.85. The molecule has 0 aliphatic carbocycles. The number of rotatable bonds is 3. The smallest absolute Gasteiger partial charge is 0.225 e. The summed E-state index contributed by atoms with van der Waals surface area (Å²) in [5.74, 6) is 1.20. The van der Waals surface area contributed by atoms with Crippen LogP contribution in [0, 0.1) is 0 Å². The maximum absolute atomic E-state index is 5.88. The molecule has 0 amide bonds. The van der Waals surface area contributed by atoms with E-state index in [4.69, 9.17) is 22.1 Å². The number of nitrogens with two attached hydrogens (primary N) is 1. The second kappa shape index (κ2) is 5.90. The lowest BCUT2D eigenvalue weighted by molar-refractivity contribution is 0.439. The predicted molar refractivity (Wildman–Crippen MR) is 86.0 cm³/mol. The minimum atomic E-state index is -0.0388. The third-order valence-electron chi connectivity index (χ3n) is 3.16. The number of nitrogen functional groups attached to an aromatic ring is 1. The Hall–Kier alpha value is -1.81. The second-order valence-corrected chi connectivity index (χ2v) is 6.31. The zero-order valence-corrected chi connectivity index (χ0v) is 13.5. The molecule has 4 nitrogen and oxygen atoms in total. The summed E-state index contributed by atoms with van der Waals surface area (Å²) >= 11 is 5.88. The maximum Gasteiger partial charge on any atom is 0.225 e. The van der Waals surface area contributed by atoms with Gasteiger partial charge in [-0.05, 0) is 23.5 Å². The van der Waals surface area contributed by atoms with Crippen molar-refractivity contribution < 1.29 is 4.74 Å². The summed E-state index contributed by atoms with van der Waals surface area (Å²) in [5.41, 5.74) is 7.95. The number of anilines is 1. The highest BCUT2D eigenvalue weighted by molar-refractivity contribution is 6.29. The van der Waals surface area contributed by atoms with Crippen LogP contribution >= 0.6 is 11.6 Å². The Bertz CT molecular complexity index is 630. The fourth-order valence-electron chi connectivity index (χ4n) is 2.05. The summed E-state index contributed by atoms with van der Waals surface area (Å²) in [6, 6.07) is 7.74. The fourth-order valence-corrected chi connectivity index (χ4v) is 2.23. The molecule has 0 saturated carbocycles. The molecular weight excluding hydrogens is 286 g/mol. The molecule has 1 heterocycles. The largest absolute Gasteiger partial charge is 0.438 e. The summed E-state index contributed by atoms with van der Waals surface area (Å²) < 4.78 is 5.88. The lowest BCUT2D eigenvalue weighted by Crippen LogP contribution is -2.13. The van der Waals surface area contributed by atoms with Crippen molar-refractivity contribution in [2.24, 2.45) is 0 Å². The summed E-state index contributed by atoms with van der Waals surface area (Å²) in [6.07, 6.45) is 0.982. The monoisotopic (exact) mass is 305 g/mol. The van der Waals surface area contributed by atoms with Gasteiger partial charge >= 0.3 is 0 Å². The average molecular weight is 306 g/mol. The predicted octanol–water partition coefficient (Wildman–Crippen LogP) is 4.36. The highest BCUT2D eigenvalue weighted by Crippen LogP contribution is 2.35. The van der Waals surface area contributed by atoms with E-state index in [-0.39, 0.29) is 16.5 Å². The second-order valence-electron chi connectivity index (χ2n) is 5.92. The van der Waals surface area contributed by atoms with Crippen molar-refractivity contribution in [1.29, 1.82) is 0 Å². The van der Waals surface area contributed by atoms with Gasteiger partial charge in [0.1, 0.15) is 10.9 Å². The van der Waals surface area contributed by atoms with Crippen LogP contribution in [0.1, 0.15) is 38.8 Å². The molecule has 2 rings (SSSR count). The molecule has 21 heavy (non-hydrogen) atoms. The summed E-state index contributed by atoms with van der Waals surface area (Å²) in [4.78, 5) is 7.88. The molecule has 0 radical (unpaired) electrons. The van der Waals surface area contributed by atoms with E-state index in [2.05, 4.69) is 49.8 Å². The van der Waals surface area contributed by atoms with Crippen molar-refractivity contribution in [3.63, 3.8) is 0 Å². The topological polar surface area (TPSA) is 61.0 Å². The summed E-state index contributed by atoms with van der Waals surface area (Å²) in [5, 5.41) is 0.264. The Morgan fingerprint density at radius 2 is 1.90 bits per heavy atom. The van der Waals surface area contributed by atoms with Gasteiger partial charge in [0.2, 0.25) is 11.8 Å². The number of halogens is 1. The summed E-state index contributed by atoms with van der Waals surface area (Å²) in [6.45, 7) is 8.58. The number of aryl methyl sites for hydroxylation is 1. The van der Waals surface area contributed by atoms with Crippen LogP contribution in [0.15, 0.2) is 24.3 Å². The lowest BCUT2D eigenvalue weighted by atomic mass is 9.85. The van der Waals surface area contributed by atoms with Gasteiger partial charge in [-0.2, -0.15) is 4.98 Å². The van der Waals surface area contributed by atoms with Crippen molar-refractivity contribution in [3.05, 3.63) is 40.5 Å². The molecule has 0 atom stereocenters. The molecule has 0 spiro atoms. The van der Waals surface area contributed by atoms with E-state index in [9.17, 15) is 0 Å². The van der Waals surface area contributed by atoms with Crippen molar-refractivity contribution >= 4 is 17.5 Å². The first-order valence-electron chi connectivity index (χ1n) is 6.91. The van der Waals surface area contributed by atoms with E-state index >= 15 is 0 Å². The Balaban J connectivity index is 2.43. The molecule has 2 N–H and O–H groups in total. The number of aromatic nitrogens is 2. The van der Waals surface area contributed by atoms with Crippen LogP contribution in [0.5, 0.6) is 11.6 Å². The normalized spacial score (nSPS) is 11.5. The van der Waals surface area contributed by atoms with Crippen LogP contribution in [-0.4, -0.2) is 9.97 Å². The minimum absolute atomic E-state index is 0.0388. The number of ether oxygens (including phenoxy) is 1. The fraction of sp³-hybridized carbons (Fsp3) is 0.375. The van der Waals surface area contributed by atoms with Crippen LogP contribution in [0.2, 0.25) is 5.15 Å². The molecule has 1 aromatic heterocycles. The molecule has 0 fully saturated rings. The zero-order chi connectivity index (χ0) is 15.6. The SMILES string of the molecule is CCc1ccc(Oc2cc(Cl)nc(N)n2)c(C(C)(C)C)c1. The van der Waals surface area contributed by atoms with Gasteiger partial charge in [-0.3, -0.25) is 0 Å². The Morgan fingerprint density at radius 1 is 1.19 bits per heavy atom. The van der Waals surface area contributed by atoms with E-state index in [1.807, 2.05) is 6.07 Å². The number of nitrogens with zero attached hydrogens (tertiary/aromatic N) is 2. The van der Waals surface area contributed by atoms with E-state index in [1.54, 1.807) is 6.07 Å². The average Bonchev–Trinajstić information content (AvgIpc) is 2.36. The van der Waals surface area contributed by atoms with Gasteiger partial charge in [0.25, 0.3) is 0 Å². The van der Waals surface area contributed by atoms with Crippen molar-refractivity contribution in [3.8, 4) is 11.6 Å². The Kier molecular flexibility index (Phi) is 4.37. The standard InChI is InChI=1S/C16H20ClN3O/c1-5-10-6-7-12(11(8-10)16(2,3)4)21-14-9-13(17)19-15(18)20-14/h6-9H,5H2,1-4H3,(H2,18,19,20). The highest BCUT2D eigenvalue weighted by Gasteiger charge is 2.20. The van der Waals surface area contributed by atoms with Gasteiger partial charge in [0.15, 0.2) is 0 Å². The van der Waals surface area contributed by atoms with Gasteiger partial charge < -0.3 is 10.5 Å². The van der Waals surface area contributed by atoms with Crippen LogP contribution in [-0.2, 0) is 11.8 Å². The Morgan fingerprint density at radius 3 is 2.48 bits per heavy atom. The first-order valence-corrected chi connectivity index (χ1v) is 7.28. The maximum atomic E-state index is 5.88. The van der Waals surface area contributed by atoms with Crippen LogP contribution in [0.3, 0.4) is 0 Å². The molecule has 0 saturated heterocycles. The van der Waals surface area contributed by atoms with Gasteiger partial charge in [-0.15, -0.1) is 0 Å². The summed E-state index contributed by atoms with van der Waals surface area (Å²) in [7, 11) is 0. The molecule has 0 bridgehead atoms. The van der Waals surface area contributed by atoms with E-state index in [0.29, 0.717) is 5.88 Å². The molecule has 0 aliphatic heterocycles. The molecule has 1 aromatic carbocycles. The van der Waals surface area contributed by atoms with E-state index in [1.165, 1.54) is 5.56 Å². The molecule has 2 aromatic rings. The molecular formula is C16H20ClN3O. The van der Waals surface area contributed by atoms with Crippen LogP contribution < -0.4 is 10.5 Å². The third-order valence-corrected chi connectivity index (χ3v) is 3.36. The van der Waals surface area contributed by atoms with Gasteiger partial charge in [-0.25, -0.2) is 4.98 Å². The van der Waals surface area contributed by atoms with Crippen molar-refractivity contribution in [2.45, 2.75) is 39.5 Å². The quantitative estimate of drug-likeness (QED) is 0.856. The number of hydrogen-bond donors (Lipinski definition) is 1. The minimum Gasteiger partial charge on any atom is -0.438 e. The highest BCUT2D eigenvalue weighted by atomic mass is 35.5. The molecule has 112 valence electrons. The van der Waals surface area contributed by atoms with Crippen LogP contribution in [0.4, 0.5) is 5.95 Å². The molecule has 5 heteroatoms. The van der Waals surface area contributed by atoms with Gasteiger partial charge in [-0.1, -0.05) is 51.4 Å². The molecule has 0 aliphatic rings. The zero-order valence-electron chi connectivity index (χ0n) is 12.8. The van der Waals surface area contributed by atoms with E-state index < -0.39 is 0 Å². The number of hydrogen-bond acceptors (Lipinski definition) is 4. The Labute approximate surface area is 130 Å². The first kappa shape index (κ1) is 15.6. The first-order chi connectivity index (χ1) is 9.79. The number of benzene rings is 1. The van der Waals surface area contributed by atoms with Crippen LogP contribution in [0.25, 0.3) is 0 Å². The van der Waals surface area contributed by atoms with E-state index in [0.717, 1.165) is 17.7 Å². The van der Waals surface area contributed by atoms with Gasteiger partial charge in [0.05, 0.1) is 0 Å². The van der Waals surface area contributed by atoms with Gasteiger partial charge in [0, 0.05) is 11.6 Å².